The van der Waals surface area contributed by atoms with Crippen molar-refractivity contribution >= 4 is 17.5 Å². The molecule has 0 radical (unpaired) electrons. The van der Waals surface area contributed by atoms with E-state index >= 15 is 4.39 Å². The van der Waals surface area contributed by atoms with Crippen LogP contribution in [0.4, 0.5) is 8.78 Å². The van der Waals surface area contributed by atoms with E-state index in [2.05, 4.69) is 10.1 Å². The van der Waals surface area contributed by atoms with Gasteiger partial charge in [-0.15, -0.1) is 0 Å². The largest absolute Gasteiger partial charge is 0.381 e. The van der Waals surface area contributed by atoms with Gasteiger partial charge < -0.3 is 14.2 Å². The van der Waals surface area contributed by atoms with Crippen LogP contribution < -0.4 is 0 Å². The van der Waals surface area contributed by atoms with Crippen LogP contribution in [0.3, 0.4) is 0 Å². The van der Waals surface area contributed by atoms with Crippen molar-refractivity contribution < 1.29 is 22.8 Å². The Morgan fingerprint density at radius 2 is 2.11 bits per heavy atom. The van der Waals surface area contributed by atoms with E-state index in [-0.39, 0.29) is 41.9 Å². The maximum Gasteiger partial charge on any atom is 0.266 e. The molecule has 3 heterocycles. The number of halogens is 3. The maximum absolute atomic E-state index is 15.4. The Morgan fingerprint density at radius 3 is 2.85 bits per heavy atom. The molecule has 1 unspecified atom stereocenters. The van der Waals surface area contributed by atoms with E-state index in [4.69, 9.17) is 20.9 Å². The number of likely N-dealkylation sites (tertiary alicyclic amines) is 1. The second-order valence-electron chi connectivity index (χ2n) is 6.92. The molecule has 0 spiro atoms. The summed E-state index contributed by atoms with van der Waals surface area (Å²) in [7, 11) is 0. The summed E-state index contributed by atoms with van der Waals surface area (Å²) in [5.41, 5.74) is -1.69. The standard InChI is InChI=1S/C18H18ClF2N3O3/c19-13-9-12(1-2-14(13)20)16(25)24-6-5-18(21,10-24)17-22-15(23-27-17)11-3-7-26-8-4-11/h1-2,9,11H,3-8,10H2. The number of amides is 1. The number of carbonyl (C=O) groups is 1. The summed E-state index contributed by atoms with van der Waals surface area (Å²) in [6.45, 7) is 1.24. The number of rotatable bonds is 3. The summed E-state index contributed by atoms with van der Waals surface area (Å²) in [4.78, 5) is 18.2. The molecule has 2 fully saturated rings. The number of benzene rings is 1. The van der Waals surface area contributed by atoms with Crippen molar-refractivity contribution in [3.05, 3.63) is 46.3 Å². The van der Waals surface area contributed by atoms with Crippen molar-refractivity contribution in [3.63, 3.8) is 0 Å². The monoisotopic (exact) mass is 397 g/mol. The molecule has 2 aromatic rings. The molecule has 0 saturated carbocycles. The van der Waals surface area contributed by atoms with Gasteiger partial charge in [-0.25, -0.2) is 8.78 Å². The molecule has 4 rings (SSSR count). The minimum atomic E-state index is -1.89. The number of carbonyl (C=O) groups excluding carboxylic acids is 1. The van der Waals surface area contributed by atoms with Gasteiger partial charge >= 0.3 is 0 Å². The summed E-state index contributed by atoms with van der Waals surface area (Å²) in [6.07, 6.45) is 1.60. The molecule has 1 amide bonds. The Morgan fingerprint density at radius 1 is 1.33 bits per heavy atom. The molecule has 6 nitrogen and oxygen atoms in total. The van der Waals surface area contributed by atoms with E-state index in [0.29, 0.717) is 19.0 Å². The SMILES string of the molecule is O=C(c1ccc(F)c(Cl)c1)N1CCC(F)(c2nc(C3CCOCC3)no2)C1. The van der Waals surface area contributed by atoms with Crippen LogP contribution in [-0.4, -0.2) is 47.3 Å². The van der Waals surface area contributed by atoms with Crippen LogP contribution in [0.1, 0.15) is 47.3 Å². The molecule has 0 N–H and O–H groups in total. The Kier molecular flexibility index (Phi) is 4.86. The first-order valence-corrected chi connectivity index (χ1v) is 9.19. The molecule has 1 atom stereocenters. The average molecular weight is 398 g/mol. The lowest BCUT2D eigenvalue weighted by molar-refractivity contribution is 0.0716. The zero-order valence-electron chi connectivity index (χ0n) is 14.5. The predicted molar refractivity (Wildman–Crippen MR) is 91.8 cm³/mol. The second kappa shape index (κ2) is 7.16. The van der Waals surface area contributed by atoms with E-state index in [1.54, 1.807) is 0 Å². The van der Waals surface area contributed by atoms with Crippen molar-refractivity contribution in [3.8, 4) is 0 Å². The second-order valence-corrected chi connectivity index (χ2v) is 7.32. The van der Waals surface area contributed by atoms with Crippen LogP contribution in [0, 0.1) is 5.82 Å². The Balaban J connectivity index is 1.48. The van der Waals surface area contributed by atoms with Crippen molar-refractivity contribution in [2.45, 2.75) is 30.8 Å². The minimum absolute atomic E-state index is 0.0586. The topological polar surface area (TPSA) is 68.5 Å². The van der Waals surface area contributed by atoms with Gasteiger partial charge in [-0.1, -0.05) is 16.8 Å². The van der Waals surface area contributed by atoms with E-state index in [0.717, 1.165) is 18.9 Å². The fraction of sp³-hybridized carbons (Fsp3) is 0.500. The summed E-state index contributed by atoms with van der Waals surface area (Å²) in [5, 5.41) is 3.79. The van der Waals surface area contributed by atoms with Gasteiger partial charge in [0.15, 0.2) is 5.82 Å². The van der Waals surface area contributed by atoms with Crippen molar-refractivity contribution in [1.29, 1.82) is 0 Å². The van der Waals surface area contributed by atoms with Crippen LogP contribution in [-0.2, 0) is 10.4 Å². The third kappa shape index (κ3) is 3.55. The lowest BCUT2D eigenvalue weighted by atomic mass is 9.99. The molecule has 1 aromatic carbocycles. The molecule has 1 aromatic heterocycles. The number of nitrogens with zero attached hydrogens (tertiary/aromatic N) is 3. The Labute approximate surface area is 159 Å². The van der Waals surface area contributed by atoms with Crippen molar-refractivity contribution in [1.82, 2.24) is 15.0 Å². The maximum atomic E-state index is 15.4. The lowest BCUT2D eigenvalue weighted by Crippen LogP contribution is -2.32. The van der Waals surface area contributed by atoms with Crippen molar-refractivity contribution in [2.24, 2.45) is 0 Å². The van der Waals surface area contributed by atoms with Gasteiger partial charge in [-0.2, -0.15) is 4.98 Å². The average Bonchev–Trinajstić information content (AvgIpc) is 3.32. The molecule has 2 aliphatic rings. The highest BCUT2D eigenvalue weighted by Crippen LogP contribution is 2.37. The minimum Gasteiger partial charge on any atom is -0.381 e. The molecular formula is C18H18ClF2N3O3. The molecular weight excluding hydrogens is 380 g/mol. The Hall–Kier alpha value is -2.06. The summed E-state index contributed by atoms with van der Waals surface area (Å²) in [5.74, 6) is -0.543. The number of alkyl halides is 1. The zero-order valence-corrected chi connectivity index (χ0v) is 15.2. The van der Waals surface area contributed by atoms with Crippen LogP contribution >= 0.6 is 11.6 Å². The smallest absolute Gasteiger partial charge is 0.266 e. The number of hydrogen-bond acceptors (Lipinski definition) is 5. The first kappa shape index (κ1) is 18.3. The first-order chi connectivity index (χ1) is 13.0. The quantitative estimate of drug-likeness (QED) is 0.793. The number of ether oxygens (including phenoxy) is 1. The molecule has 27 heavy (non-hydrogen) atoms. The summed E-state index contributed by atoms with van der Waals surface area (Å²) >= 11 is 5.73. The number of aromatic nitrogens is 2. The third-order valence-corrected chi connectivity index (χ3v) is 5.37. The Bertz CT molecular complexity index is 856. The highest BCUT2D eigenvalue weighted by molar-refractivity contribution is 6.31. The van der Waals surface area contributed by atoms with Gasteiger partial charge in [0, 0.05) is 37.7 Å². The van der Waals surface area contributed by atoms with Gasteiger partial charge in [-0.05, 0) is 31.0 Å². The fourth-order valence-electron chi connectivity index (χ4n) is 3.47. The molecule has 144 valence electrons. The van der Waals surface area contributed by atoms with Crippen LogP contribution in [0.2, 0.25) is 5.02 Å². The van der Waals surface area contributed by atoms with Gasteiger partial charge in [0.1, 0.15) is 5.82 Å². The summed E-state index contributed by atoms with van der Waals surface area (Å²) < 4.78 is 39.2. The normalized spacial score (nSPS) is 23.7. The summed E-state index contributed by atoms with van der Waals surface area (Å²) in [6, 6.07) is 3.69. The molecule has 0 aliphatic carbocycles. The van der Waals surface area contributed by atoms with E-state index in [9.17, 15) is 9.18 Å². The molecule has 9 heteroatoms. The van der Waals surface area contributed by atoms with Gasteiger partial charge in [0.2, 0.25) is 5.67 Å². The molecule has 0 bridgehead atoms. The van der Waals surface area contributed by atoms with Gasteiger partial charge in [0.25, 0.3) is 11.8 Å². The lowest BCUT2D eigenvalue weighted by Gasteiger charge is -2.19. The molecule has 2 saturated heterocycles. The van der Waals surface area contributed by atoms with Gasteiger partial charge in [-0.3, -0.25) is 4.79 Å². The van der Waals surface area contributed by atoms with E-state index in [1.165, 1.54) is 17.0 Å². The van der Waals surface area contributed by atoms with Crippen LogP contribution in [0.25, 0.3) is 0 Å². The predicted octanol–water partition coefficient (Wildman–Crippen LogP) is 3.47. The third-order valence-electron chi connectivity index (χ3n) is 5.08. The zero-order chi connectivity index (χ0) is 19.0. The van der Waals surface area contributed by atoms with Crippen LogP contribution in [0.5, 0.6) is 0 Å². The highest BCUT2D eigenvalue weighted by atomic mass is 35.5. The number of hydrogen-bond donors (Lipinski definition) is 0. The fourth-order valence-corrected chi connectivity index (χ4v) is 3.65. The first-order valence-electron chi connectivity index (χ1n) is 8.81. The van der Waals surface area contributed by atoms with Crippen molar-refractivity contribution in [2.75, 3.05) is 26.3 Å². The molecule has 2 aliphatic heterocycles. The van der Waals surface area contributed by atoms with E-state index < -0.39 is 17.4 Å². The van der Waals surface area contributed by atoms with Gasteiger partial charge in [0.05, 0.1) is 11.6 Å². The van der Waals surface area contributed by atoms with Crippen LogP contribution in [0.15, 0.2) is 22.7 Å². The van der Waals surface area contributed by atoms with E-state index in [1.807, 2.05) is 0 Å². The highest BCUT2D eigenvalue weighted by Gasteiger charge is 2.47.